The van der Waals surface area contributed by atoms with Crippen LogP contribution in [-0.2, 0) is 6.42 Å². The SMILES string of the molecule is CN(CCCl)CCc1ccc(F)c(F)c1. The molecule has 84 valence electrons. The van der Waals surface area contributed by atoms with E-state index in [1.807, 2.05) is 11.9 Å². The van der Waals surface area contributed by atoms with Crippen molar-refractivity contribution in [3.05, 3.63) is 35.4 Å². The summed E-state index contributed by atoms with van der Waals surface area (Å²) < 4.78 is 25.5. The second-order valence-corrected chi connectivity index (χ2v) is 3.87. The van der Waals surface area contributed by atoms with E-state index in [1.54, 1.807) is 6.07 Å². The molecule has 0 unspecified atom stereocenters. The standard InChI is InChI=1S/C11H14ClF2N/c1-15(7-5-12)6-4-9-2-3-10(13)11(14)8-9/h2-3,8H,4-7H2,1H3. The van der Waals surface area contributed by atoms with Crippen LogP contribution < -0.4 is 0 Å². The van der Waals surface area contributed by atoms with Crippen LogP contribution in [0.3, 0.4) is 0 Å². The first-order valence-corrected chi connectivity index (χ1v) is 5.35. The highest BCUT2D eigenvalue weighted by atomic mass is 35.5. The molecule has 0 radical (unpaired) electrons. The van der Waals surface area contributed by atoms with Gasteiger partial charge in [0.2, 0.25) is 0 Å². The van der Waals surface area contributed by atoms with Crippen molar-refractivity contribution >= 4 is 11.6 Å². The molecule has 0 amide bonds. The fourth-order valence-corrected chi connectivity index (χ4v) is 1.56. The third-order valence-electron chi connectivity index (χ3n) is 2.23. The molecule has 0 aromatic heterocycles. The first-order valence-electron chi connectivity index (χ1n) is 4.82. The lowest BCUT2D eigenvalue weighted by Gasteiger charge is -2.14. The van der Waals surface area contributed by atoms with E-state index in [4.69, 9.17) is 11.6 Å². The number of hydrogen-bond donors (Lipinski definition) is 0. The third-order valence-corrected chi connectivity index (χ3v) is 2.40. The Morgan fingerprint density at radius 1 is 1.20 bits per heavy atom. The molecule has 15 heavy (non-hydrogen) atoms. The fraction of sp³-hybridized carbons (Fsp3) is 0.455. The van der Waals surface area contributed by atoms with Gasteiger partial charge >= 0.3 is 0 Å². The molecule has 0 heterocycles. The Labute approximate surface area is 93.7 Å². The van der Waals surface area contributed by atoms with E-state index in [9.17, 15) is 8.78 Å². The highest BCUT2D eigenvalue weighted by Gasteiger charge is 2.03. The van der Waals surface area contributed by atoms with Gasteiger partial charge in [-0.25, -0.2) is 8.78 Å². The summed E-state index contributed by atoms with van der Waals surface area (Å²) >= 11 is 5.57. The quantitative estimate of drug-likeness (QED) is 0.707. The van der Waals surface area contributed by atoms with Crippen LogP contribution >= 0.6 is 11.6 Å². The molecule has 0 atom stereocenters. The van der Waals surface area contributed by atoms with Gasteiger partial charge in [-0.1, -0.05) is 6.07 Å². The average molecular weight is 234 g/mol. The van der Waals surface area contributed by atoms with Crippen LogP contribution in [0.4, 0.5) is 8.78 Å². The van der Waals surface area contributed by atoms with Crippen molar-refractivity contribution < 1.29 is 8.78 Å². The Hall–Kier alpha value is -0.670. The molecule has 0 N–H and O–H groups in total. The van der Waals surface area contributed by atoms with Gasteiger partial charge in [0.25, 0.3) is 0 Å². The zero-order valence-electron chi connectivity index (χ0n) is 8.64. The first-order chi connectivity index (χ1) is 7.13. The van der Waals surface area contributed by atoms with Crippen LogP contribution in [0.5, 0.6) is 0 Å². The lowest BCUT2D eigenvalue weighted by molar-refractivity contribution is 0.359. The zero-order chi connectivity index (χ0) is 11.3. The minimum absolute atomic E-state index is 0.578. The largest absolute Gasteiger partial charge is 0.305 e. The maximum Gasteiger partial charge on any atom is 0.159 e. The predicted octanol–water partition coefficient (Wildman–Crippen LogP) is 2.68. The molecule has 0 spiro atoms. The fourth-order valence-electron chi connectivity index (χ4n) is 1.27. The molecule has 1 aromatic rings. The highest BCUT2D eigenvalue weighted by molar-refractivity contribution is 6.18. The molecule has 1 aromatic carbocycles. The summed E-state index contributed by atoms with van der Waals surface area (Å²) in [7, 11) is 1.95. The normalized spacial score (nSPS) is 11.0. The summed E-state index contributed by atoms with van der Waals surface area (Å²) in [6, 6.07) is 4.00. The summed E-state index contributed by atoms with van der Waals surface area (Å²) in [6.07, 6.45) is 0.699. The number of halogens is 3. The second kappa shape index (κ2) is 6.03. The maximum absolute atomic E-state index is 12.8. The van der Waals surface area contributed by atoms with E-state index in [2.05, 4.69) is 0 Å². The van der Waals surface area contributed by atoms with Crippen molar-refractivity contribution in [3.8, 4) is 0 Å². The van der Waals surface area contributed by atoms with Crippen LogP contribution in [-0.4, -0.2) is 30.9 Å². The Balaban J connectivity index is 2.47. The molecule has 1 rings (SSSR count). The molecule has 0 bridgehead atoms. The molecule has 0 fully saturated rings. The van der Waals surface area contributed by atoms with Gasteiger partial charge in [-0.2, -0.15) is 0 Å². The van der Waals surface area contributed by atoms with E-state index in [-0.39, 0.29) is 0 Å². The van der Waals surface area contributed by atoms with E-state index in [0.717, 1.165) is 24.7 Å². The summed E-state index contributed by atoms with van der Waals surface area (Å²) in [5, 5.41) is 0. The van der Waals surface area contributed by atoms with E-state index < -0.39 is 11.6 Å². The minimum Gasteiger partial charge on any atom is -0.305 e. The van der Waals surface area contributed by atoms with Gasteiger partial charge in [-0.15, -0.1) is 11.6 Å². The molecule has 0 aliphatic heterocycles. The van der Waals surface area contributed by atoms with E-state index in [0.29, 0.717) is 12.3 Å². The van der Waals surface area contributed by atoms with Gasteiger partial charge < -0.3 is 4.90 Å². The predicted molar refractivity (Wildman–Crippen MR) is 58.3 cm³/mol. The van der Waals surface area contributed by atoms with Crippen molar-refractivity contribution in [3.63, 3.8) is 0 Å². The zero-order valence-corrected chi connectivity index (χ0v) is 9.40. The van der Waals surface area contributed by atoms with Gasteiger partial charge in [-0.05, 0) is 31.2 Å². The van der Waals surface area contributed by atoms with Crippen molar-refractivity contribution in [2.45, 2.75) is 6.42 Å². The van der Waals surface area contributed by atoms with Crippen molar-refractivity contribution in [2.24, 2.45) is 0 Å². The van der Waals surface area contributed by atoms with Crippen LogP contribution in [0.2, 0.25) is 0 Å². The van der Waals surface area contributed by atoms with Crippen molar-refractivity contribution in [2.75, 3.05) is 26.0 Å². The van der Waals surface area contributed by atoms with E-state index >= 15 is 0 Å². The Morgan fingerprint density at radius 2 is 1.93 bits per heavy atom. The van der Waals surface area contributed by atoms with Crippen LogP contribution in [0.25, 0.3) is 0 Å². The summed E-state index contributed by atoms with van der Waals surface area (Å²) in [5.41, 5.74) is 0.801. The molecule has 0 aliphatic rings. The topological polar surface area (TPSA) is 3.24 Å². The first kappa shape index (κ1) is 12.4. The summed E-state index contributed by atoms with van der Waals surface area (Å²) in [5.74, 6) is -1.01. The monoisotopic (exact) mass is 233 g/mol. The molecule has 1 nitrogen and oxygen atoms in total. The van der Waals surface area contributed by atoms with E-state index in [1.165, 1.54) is 6.07 Å². The number of alkyl halides is 1. The Kier molecular flexibility index (Phi) is 4.99. The van der Waals surface area contributed by atoms with Gasteiger partial charge in [0.15, 0.2) is 11.6 Å². The summed E-state index contributed by atoms with van der Waals surface area (Å²) in [4.78, 5) is 2.05. The molecular weight excluding hydrogens is 220 g/mol. The smallest absolute Gasteiger partial charge is 0.159 e. The number of benzene rings is 1. The molecule has 0 saturated heterocycles. The molecule has 0 saturated carbocycles. The van der Waals surface area contributed by atoms with Crippen molar-refractivity contribution in [1.82, 2.24) is 4.90 Å². The van der Waals surface area contributed by atoms with Gasteiger partial charge in [0.05, 0.1) is 0 Å². The van der Waals surface area contributed by atoms with Gasteiger partial charge in [0, 0.05) is 19.0 Å². The highest BCUT2D eigenvalue weighted by Crippen LogP contribution is 2.09. The number of nitrogens with zero attached hydrogens (tertiary/aromatic N) is 1. The second-order valence-electron chi connectivity index (χ2n) is 3.49. The Bertz CT molecular complexity index is 317. The maximum atomic E-state index is 12.8. The number of hydrogen-bond acceptors (Lipinski definition) is 1. The van der Waals surface area contributed by atoms with Crippen LogP contribution in [0.1, 0.15) is 5.56 Å². The number of rotatable bonds is 5. The van der Waals surface area contributed by atoms with Gasteiger partial charge in [0.1, 0.15) is 0 Å². The Morgan fingerprint density at radius 3 is 2.53 bits per heavy atom. The molecule has 0 aliphatic carbocycles. The lowest BCUT2D eigenvalue weighted by Crippen LogP contribution is -2.23. The van der Waals surface area contributed by atoms with Crippen LogP contribution in [0.15, 0.2) is 18.2 Å². The number of likely N-dealkylation sites (N-methyl/N-ethyl adjacent to an activating group) is 1. The van der Waals surface area contributed by atoms with Gasteiger partial charge in [-0.3, -0.25) is 0 Å². The summed E-state index contributed by atoms with van der Waals surface area (Å²) in [6.45, 7) is 1.59. The van der Waals surface area contributed by atoms with Crippen LogP contribution in [0, 0.1) is 11.6 Å². The molecular formula is C11H14ClF2N. The van der Waals surface area contributed by atoms with Crippen molar-refractivity contribution in [1.29, 1.82) is 0 Å². The average Bonchev–Trinajstić information content (AvgIpc) is 2.20. The molecule has 4 heteroatoms. The lowest BCUT2D eigenvalue weighted by atomic mass is 10.1. The third kappa shape index (κ3) is 4.14. The minimum atomic E-state index is -0.798.